The predicted octanol–water partition coefficient (Wildman–Crippen LogP) is 4.10. The van der Waals surface area contributed by atoms with E-state index in [4.69, 9.17) is 14.5 Å². The molecule has 9 heteroatoms. The summed E-state index contributed by atoms with van der Waals surface area (Å²) in [6.45, 7) is 3.06. The highest BCUT2D eigenvalue weighted by molar-refractivity contribution is 7.98. The van der Waals surface area contributed by atoms with Crippen LogP contribution in [-0.4, -0.2) is 55.1 Å². The molecule has 3 heterocycles. The number of amides is 2. The number of thioether (sulfide) groups is 1. The molecule has 0 saturated carbocycles. The van der Waals surface area contributed by atoms with Gasteiger partial charge in [-0.1, -0.05) is 17.4 Å². The maximum Gasteiger partial charge on any atom is 0.321 e. The number of ether oxygens (including phenoxy) is 2. The lowest BCUT2D eigenvalue weighted by atomic mass is 10.3. The molecule has 150 valence electrons. The summed E-state index contributed by atoms with van der Waals surface area (Å²) in [6.07, 6.45) is 2.07. The number of benzene rings is 2. The quantitative estimate of drug-likeness (QED) is 0.634. The summed E-state index contributed by atoms with van der Waals surface area (Å²) in [4.78, 5) is 22.8. The molecule has 3 aromatic rings. The summed E-state index contributed by atoms with van der Waals surface area (Å²) in [7, 11) is 0. The van der Waals surface area contributed by atoms with Gasteiger partial charge in [0, 0.05) is 42.8 Å². The minimum absolute atomic E-state index is 0.0996. The number of hydrogen-bond acceptors (Lipinski definition) is 7. The van der Waals surface area contributed by atoms with Crippen molar-refractivity contribution >= 4 is 50.2 Å². The van der Waals surface area contributed by atoms with Gasteiger partial charge in [0.1, 0.15) is 0 Å². The lowest BCUT2D eigenvalue weighted by Crippen LogP contribution is -2.50. The molecule has 0 unspecified atom stereocenters. The fraction of sp³-hybridized carbons (Fsp3) is 0.300. The number of anilines is 2. The van der Waals surface area contributed by atoms with Crippen molar-refractivity contribution in [2.45, 2.75) is 4.90 Å². The summed E-state index contributed by atoms with van der Waals surface area (Å²) in [5, 5.41) is 3.97. The Hall–Kier alpha value is -2.65. The van der Waals surface area contributed by atoms with Gasteiger partial charge in [0.05, 0.1) is 10.2 Å². The number of nitrogens with one attached hydrogen (secondary N) is 1. The number of thiazole rings is 1. The van der Waals surface area contributed by atoms with Crippen molar-refractivity contribution in [2.24, 2.45) is 0 Å². The van der Waals surface area contributed by atoms with Crippen LogP contribution in [0, 0.1) is 0 Å². The third kappa shape index (κ3) is 3.56. The Kier molecular flexibility index (Phi) is 4.84. The van der Waals surface area contributed by atoms with Crippen LogP contribution in [0.5, 0.6) is 11.5 Å². The highest BCUT2D eigenvalue weighted by Gasteiger charge is 2.24. The SMILES string of the molecule is CSc1cccc2sc(N3CCN(C(=O)Nc4ccc5c(c4)OCO5)CC3)nc12. The molecule has 0 radical (unpaired) electrons. The zero-order valence-electron chi connectivity index (χ0n) is 15.9. The molecule has 0 atom stereocenters. The standard InChI is InChI=1S/C20H20N4O3S2/c1-28-16-3-2-4-17-18(16)22-20(29-17)24-9-7-23(8-10-24)19(25)21-13-5-6-14-15(11-13)27-12-26-14/h2-6,11H,7-10,12H2,1H3,(H,21,25). The molecular weight excluding hydrogens is 408 g/mol. The van der Waals surface area contributed by atoms with Crippen LogP contribution in [0.1, 0.15) is 0 Å². The number of carbonyl (C=O) groups excluding carboxylic acids is 1. The molecule has 1 N–H and O–H groups in total. The van der Waals surface area contributed by atoms with Crippen molar-refractivity contribution in [1.82, 2.24) is 9.88 Å². The van der Waals surface area contributed by atoms with Crippen molar-refractivity contribution < 1.29 is 14.3 Å². The molecule has 29 heavy (non-hydrogen) atoms. The highest BCUT2D eigenvalue weighted by atomic mass is 32.2. The molecule has 0 spiro atoms. The van der Waals surface area contributed by atoms with E-state index >= 15 is 0 Å². The second kappa shape index (κ2) is 7.64. The molecule has 1 aromatic heterocycles. The van der Waals surface area contributed by atoms with Gasteiger partial charge in [0.25, 0.3) is 0 Å². The number of urea groups is 1. The van der Waals surface area contributed by atoms with Gasteiger partial charge in [-0.05, 0) is 30.5 Å². The first-order chi connectivity index (χ1) is 14.2. The van der Waals surface area contributed by atoms with E-state index in [9.17, 15) is 4.79 Å². The van der Waals surface area contributed by atoms with Gasteiger partial charge in [-0.25, -0.2) is 9.78 Å². The number of para-hydroxylation sites is 1. The monoisotopic (exact) mass is 428 g/mol. The van der Waals surface area contributed by atoms with Gasteiger partial charge in [-0.2, -0.15) is 0 Å². The topological polar surface area (TPSA) is 66.9 Å². The molecule has 2 aliphatic heterocycles. The van der Waals surface area contributed by atoms with Gasteiger partial charge < -0.3 is 24.6 Å². The normalized spacial score (nSPS) is 15.8. The largest absolute Gasteiger partial charge is 0.454 e. The van der Waals surface area contributed by atoms with Crippen LogP contribution in [-0.2, 0) is 0 Å². The third-order valence-electron chi connectivity index (χ3n) is 5.05. The zero-order valence-corrected chi connectivity index (χ0v) is 17.5. The van der Waals surface area contributed by atoms with Crippen LogP contribution in [0.2, 0.25) is 0 Å². The summed E-state index contributed by atoms with van der Waals surface area (Å²) >= 11 is 3.43. The second-order valence-corrected chi connectivity index (χ2v) is 8.63. The first kappa shape index (κ1) is 18.4. The van der Waals surface area contributed by atoms with Gasteiger partial charge in [-0.15, -0.1) is 11.8 Å². The number of carbonyl (C=O) groups is 1. The molecule has 0 bridgehead atoms. The number of aromatic nitrogens is 1. The average Bonchev–Trinajstić information content (AvgIpc) is 3.40. The number of nitrogens with zero attached hydrogens (tertiary/aromatic N) is 3. The second-order valence-electron chi connectivity index (χ2n) is 6.78. The van der Waals surface area contributed by atoms with Gasteiger partial charge in [0.15, 0.2) is 16.6 Å². The van der Waals surface area contributed by atoms with E-state index in [1.165, 1.54) is 9.60 Å². The van der Waals surface area contributed by atoms with E-state index in [1.807, 2.05) is 17.0 Å². The minimum Gasteiger partial charge on any atom is -0.454 e. The van der Waals surface area contributed by atoms with Crippen LogP contribution in [0.3, 0.4) is 0 Å². The molecule has 2 aliphatic rings. The van der Waals surface area contributed by atoms with Crippen LogP contribution >= 0.6 is 23.1 Å². The Balaban J connectivity index is 1.23. The zero-order chi connectivity index (χ0) is 19.8. The van der Waals surface area contributed by atoms with E-state index in [-0.39, 0.29) is 12.8 Å². The fourth-order valence-electron chi connectivity index (χ4n) is 3.49. The van der Waals surface area contributed by atoms with Crippen LogP contribution in [0.15, 0.2) is 41.3 Å². The first-order valence-electron chi connectivity index (χ1n) is 9.35. The Bertz CT molecular complexity index is 1060. The average molecular weight is 429 g/mol. The van der Waals surface area contributed by atoms with Crippen molar-refractivity contribution in [3.63, 3.8) is 0 Å². The number of hydrogen-bond donors (Lipinski definition) is 1. The molecule has 5 rings (SSSR count). The summed E-state index contributed by atoms with van der Waals surface area (Å²) in [5.74, 6) is 1.37. The molecule has 0 aliphatic carbocycles. The Morgan fingerprint density at radius 2 is 1.97 bits per heavy atom. The Morgan fingerprint density at radius 3 is 2.79 bits per heavy atom. The molecular formula is C20H20N4O3S2. The highest BCUT2D eigenvalue weighted by Crippen LogP contribution is 2.35. The lowest BCUT2D eigenvalue weighted by molar-refractivity contribution is 0.174. The number of rotatable bonds is 3. The maximum absolute atomic E-state index is 12.6. The van der Waals surface area contributed by atoms with E-state index < -0.39 is 0 Å². The molecule has 2 aromatic carbocycles. The fourth-order valence-corrected chi connectivity index (χ4v) is 5.16. The lowest BCUT2D eigenvalue weighted by Gasteiger charge is -2.34. The van der Waals surface area contributed by atoms with Gasteiger partial charge >= 0.3 is 6.03 Å². The van der Waals surface area contributed by atoms with Crippen molar-refractivity contribution in [2.75, 3.05) is 49.4 Å². The van der Waals surface area contributed by atoms with Crippen LogP contribution in [0.4, 0.5) is 15.6 Å². The Morgan fingerprint density at radius 1 is 1.14 bits per heavy atom. The number of fused-ring (bicyclic) bond motifs is 2. The Labute approximate surface area is 176 Å². The summed E-state index contributed by atoms with van der Waals surface area (Å²) in [5.41, 5.74) is 1.78. The molecule has 1 saturated heterocycles. The van der Waals surface area contributed by atoms with Crippen LogP contribution < -0.4 is 19.7 Å². The molecule has 2 amide bonds. The minimum atomic E-state index is -0.0996. The molecule has 7 nitrogen and oxygen atoms in total. The van der Waals surface area contributed by atoms with Crippen molar-refractivity contribution in [3.05, 3.63) is 36.4 Å². The van der Waals surface area contributed by atoms with Gasteiger partial charge in [-0.3, -0.25) is 0 Å². The first-order valence-corrected chi connectivity index (χ1v) is 11.4. The third-order valence-corrected chi connectivity index (χ3v) is 6.90. The smallest absolute Gasteiger partial charge is 0.321 e. The molecule has 1 fully saturated rings. The van der Waals surface area contributed by atoms with Crippen molar-refractivity contribution in [1.29, 1.82) is 0 Å². The van der Waals surface area contributed by atoms with Gasteiger partial charge in [0.2, 0.25) is 6.79 Å². The van der Waals surface area contributed by atoms with E-state index in [0.29, 0.717) is 30.3 Å². The number of piperazine rings is 1. The maximum atomic E-state index is 12.6. The van der Waals surface area contributed by atoms with Crippen LogP contribution in [0.25, 0.3) is 10.2 Å². The van der Waals surface area contributed by atoms with Crippen molar-refractivity contribution in [3.8, 4) is 11.5 Å². The predicted molar refractivity (Wildman–Crippen MR) is 117 cm³/mol. The summed E-state index contributed by atoms with van der Waals surface area (Å²) < 4.78 is 11.9. The van der Waals surface area contributed by atoms with E-state index in [1.54, 1.807) is 29.2 Å². The van der Waals surface area contributed by atoms with E-state index in [2.05, 4.69) is 34.7 Å². The van der Waals surface area contributed by atoms with E-state index in [0.717, 1.165) is 23.7 Å². The summed E-state index contributed by atoms with van der Waals surface area (Å²) in [6, 6.07) is 11.6.